The second kappa shape index (κ2) is 14.5. The van der Waals surface area contributed by atoms with Crippen LogP contribution in [0.5, 0.6) is 5.75 Å². The quantitative estimate of drug-likeness (QED) is 0.143. The van der Waals surface area contributed by atoms with Crippen LogP contribution in [0.3, 0.4) is 0 Å². The van der Waals surface area contributed by atoms with Crippen molar-refractivity contribution in [2.24, 2.45) is 0 Å². The number of rotatable bonds is 11. The molecule has 0 unspecified atom stereocenters. The number of carboxylic acid groups (broad SMARTS) is 1. The molecule has 1 heterocycles. The molecule has 1 aromatic heterocycles. The number of carbonyl (C=O) groups excluding carboxylic acids is 1. The van der Waals surface area contributed by atoms with Crippen LogP contribution in [0.1, 0.15) is 46.7 Å². The van der Waals surface area contributed by atoms with E-state index in [1.54, 1.807) is 37.4 Å². The lowest BCUT2D eigenvalue weighted by Gasteiger charge is -2.12. The van der Waals surface area contributed by atoms with Crippen LogP contribution in [0.4, 0.5) is 0 Å². The standard InChI is InChI=1S/C37H32Cl2N2O5/c1-23(2)46-36(42)19-28-13-12-27(18-34(28)45-3)26-10-7-24(8-11-26)9-16-35-40-33(31-15-14-30(38)20-32(31)39)22-41(35)21-25-5-4-6-29(17-25)37(43)44/h4-18,20,22-23H,19,21H2,1-3H3,(H,43,44)/b16-9+. The van der Waals surface area contributed by atoms with Crippen molar-refractivity contribution >= 4 is 47.3 Å². The molecule has 0 radical (unpaired) electrons. The molecule has 0 saturated heterocycles. The number of nitrogens with zero attached hydrogens (tertiary/aromatic N) is 2. The maximum absolute atomic E-state index is 12.2. The van der Waals surface area contributed by atoms with Crippen molar-refractivity contribution in [3.63, 3.8) is 0 Å². The van der Waals surface area contributed by atoms with Gasteiger partial charge in [0, 0.05) is 28.9 Å². The van der Waals surface area contributed by atoms with Gasteiger partial charge in [0.2, 0.25) is 0 Å². The summed E-state index contributed by atoms with van der Waals surface area (Å²) in [5.74, 6) is 0.0158. The van der Waals surface area contributed by atoms with Crippen LogP contribution >= 0.6 is 23.2 Å². The molecule has 0 amide bonds. The van der Waals surface area contributed by atoms with Crippen molar-refractivity contribution in [3.8, 4) is 28.1 Å². The normalized spacial score (nSPS) is 11.3. The SMILES string of the molecule is COc1cc(-c2ccc(/C=C/c3nc(-c4ccc(Cl)cc4Cl)cn3Cc3cccc(C(=O)O)c3)cc2)ccc1CC(=O)OC(C)C. The van der Waals surface area contributed by atoms with E-state index < -0.39 is 5.97 Å². The molecule has 0 saturated carbocycles. The van der Waals surface area contributed by atoms with Crippen LogP contribution in [0.15, 0.2) is 91.1 Å². The molecule has 5 aromatic rings. The molecular formula is C37H32Cl2N2O5. The molecule has 0 aliphatic carbocycles. The van der Waals surface area contributed by atoms with Gasteiger partial charge in [-0.15, -0.1) is 0 Å². The van der Waals surface area contributed by atoms with E-state index in [2.05, 4.69) is 0 Å². The molecule has 0 atom stereocenters. The molecule has 7 nitrogen and oxygen atoms in total. The fourth-order valence-corrected chi connectivity index (χ4v) is 5.51. The Balaban J connectivity index is 1.40. The van der Waals surface area contributed by atoms with Gasteiger partial charge in [0.05, 0.1) is 35.9 Å². The van der Waals surface area contributed by atoms with Gasteiger partial charge in [-0.2, -0.15) is 0 Å². The molecule has 9 heteroatoms. The zero-order chi connectivity index (χ0) is 32.8. The number of esters is 1. The second-order valence-electron chi connectivity index (χ2n) is 10.9. The summed E-state index contributed by atoms with van der Waals surface area (Å²) in [4.78, 5) is 28.6. The van der Waals surface area contributed by atoms with Crippen LogP contribution in [0.25, 0.3) is 34.5 Å². The van der Waals surface area contributed by atoms with Crippen molar-refractivity contribution in [2.75, 3.05) is 7.11 Å². The van der Waals surface area contributed by atoms with Gasteiger partial charge in [0.25, 0.3) is 0 Å². The summed E-state index contributed by atoms with van der Waals surface area (Å²) in [6.45, 7) is 4.05. The van der Waals surface area contributed by atoms with Gasteiger partial charge in [0.15, 0.2) is 0 Å². The van der Waals surface area contributed by atoms with Gasteiger partial charge in [-0.25, -0.2) is 9.78 Å². The Hall–Kier alpha value is -4.85. The zero-order valence-corrected chi connectivity index (χ0v) is 27.0. The Labute approximate surface area is 277 Å². The Morgan fingerprint density at radius 2 is 1.70 bits per heavy atom. The van der Waals surface area contributed by atoms with Gasteiger partial charge in [-0.1, -0.05) is 77.8 Å². The number of hydrogen-bond acceptors (Lipinski definition) is 5. The van der Waals surface area contributed by atoms with Crippen molar-refractivity contribution in [2.45, 2.75) is 32.9 Å². The highest BCUT2D eigenvalue weighted by Crippen LogP contribution is 2.31. The predicted octanol–water partition coefficient (Wildman–Crippen LogP) is 8.94. The number of methoxy groups -OCH3 is 1. The number of carbonyl (C=O) groups is 2. The van der Waals surface area contributed by atoms with E-state index >= 15 is 0 Å². The number of carboxylic acids is 1. The topological polar surface area (TPSA) is 90.7 Å². The van der Waals surface area contributed by atoms with E-state index in [0.717, 1.165) is 33.4 Å². The number of imidazole rings is 1. The summed E-state index contributed by atoms with van der Waals surface area (Å²) in [6.07, 6.45) is 5.74. The number of benzene rings is 4. The Bertz CT molecular complexity index is 1910. The highest BCUT2D eigenvalue weighted by Gasteiger charge is 2.14. The van der Waals surface area contributed by atoms with Crippen molar-refractivity contribution < 1.29 is 24.2 Å². The molecule has 0 aliphatic rings. The second-order valence-corrected chi connectivity index (χ2v) is 11.8. The van der Waals surface area contributed by atoms with E-state index in [0.29, 0.717) is 33.9 Å². The molecule has 234 valence electrons. The van der Waals surface area contributed by atoms with E-state index in [1.807, 2.05) is 91.4 Å². The third-order valence-corrected chi connectivity index (χ3v) is 7.75. The van der Waals surface area contributed by atoms with Crippen LogP contribution < -0.4 is 4.74 Å². The molecular weight excluding hydrogens is 623 g/mol. The summed E-state index contributed by atoms with van der Waals surface area (Å²) in [7, 11) is 1.59. The summed E-state index contributed by atoms with van der Waals surface area (Å²) < 4.78 is 12.8. The van der Waals surface area contributed by atoms with Crippen LogP contribution in [0.2, 0.25) is 10.0 Å². The summed E-state index contributed by atoms with van der Waals surface area (Å²) in [6, 6.07) is 25.9. The van der Waals surface area contributed by atoms with Crippen molar-refractivity contribution in [3.05, 3.63) is 129 Å². The largest absolute Gasteiger partial charge is 0.496 e. The Morgan fingerprint density at radius 3 is 2.39 bits per heavy atom. The first kappa shape index (κ1) is 32.5. The molecule has 4 aromatic carbocycles. The highest BCUT2D eigenvalue weighted by molar-refractivity contribution is 6.36. The summed E-state index contributed by atoms with van der Waals surface area (Å²) in [5, 5.41) is 10.5. The molecule has 5 rings (SSSR count). The minimum Gasteiger partial charge on any atom is -0.496 e. The molecule has 0 bridgehead atoms. The molecule has 0 aliphatic heterocycles. The lowest BCUT2D eigenvalue weighted by molar-refractivity contribution is -0.146. The molecule has 46 heavy (non-hydrogen) atoms. The first-order valence-electron chi connectivity index (χ1n) is 14.6. The average Bonchev–Trinajstić information content (AvgIpc) is 3.42. The first-order valence-corrected chi connectivity index (χ1v) is 15.3. The number of ether oxygens (including phenoxy) is 2. The third-order valence-electron chi connectivity index (χ3n) is 7.20. The predicted molar refractivity (Wildman–Crippen MR) is 182 cm³/mol. The number of hydrogen-bond donors (Lipinski definition) is 1. The molecule has 0 fully saturated rings. The van der Waals surface area contributed by atoms with Gasteiger partial charge >= 0.3 is 11.9 Å². The summed E-state index contributed by atoms with van der Waals surface area (Å²) >= 11 is 12.6. The fourth-order valence-electron chi connectivity index (χ4n) is 5.00. The Kier molecular flexibility index (Phi) is 10.3. The zero-order valence-electron chi connectivity index (χ0n) is 25.5. The maximum atomic E-state index is 12.2. The van der Waals surface area contributed by atoms with Gasteiger partial charge in [0.1, 0.15) is 11.6 Å². The summed E-state index contributed by atoms with van der Waals surface area (Å²) in [5.41, 5.74) is 6.11. The van der Waals surface area contributed by atoms with Crippen LogP contribution in [-0.4, -0.2) is 39.8 Å². The fraction of sp³-hybridized carbons (Fsp3) is 0.162. The lowest BCUT2D eigenvalue weighted by Crippen LogP contribution is -2.14. The van der Waals surface area contributed by atoms with Gasteiger partial charge in [-0.05, 0) is 78.6 Å². The third kappa shape index (κ3) is 8.05. The number of halogens is 2. The van der Waals surface area contributed by atoms with Gasteiger partial charge < -0.3 is 19.1 Å². The Morgan fingerprint density at radius 1 is 0.935 bits per heavy atom. The maximum Gasteiger partial charge on any atom is 0.335 e. The smallest absolute Gasteiger partial charge is 0.335 e. The minimum absolute atomic E-state index is 0.137. The van der Waals surface area contributed by atoms with Crippen molar-refractivity contribution in [1.82, 2.24) is 9.55 Å². The monoisotopic (exact) mass is 654 g/mol. The minimum atomic E-state index is -0.981. The highest BCUT2D eigenvalue weighted by atomic mass is 35.5. The van der Waals surface area contributed by atoms with E-state index in [1.165, 1.54) is 0 Å². The van der Waals surface area contributed by atoms with E-state index in [4.69, 9.17) is 37.7 Å². The van der Waals surface area contributed by atoms with Crippen molar-refractivity contribution in [1.29, 1.82) is 0 Å². The van der Waals surface area contributed by atoms with E-state index in [9.17, 15) is 14.7 Å². The number of aromatic nitrogens is 2. The van der Waals surface area contributed by atoms with Gasteiger partial charge in [-0.3, -0.25) is 4.79 Å². The van der Waals surface area contributed by atoms with Crippen LogP contribution in [0, 0.1) is 0 Å². The molecule has 1 N–H and O–H groups in total. The van der Waals surface area contributed by atoms with E-state index in [-0.39, 0.29) is 24.1 Å². The number of aromatic carboxylic acids is 1. The average molecular weight is 656 g/mol. The molecule has 0 spiro atoms. The van der Waals surface area contributed by atoms with Crippen LogP contribution in [-0.2, 0) is 22.5 Å². The lowest BCUT2D eigenvalue weighted by atomic mass is 10.0. The first-order chi connectivity index (χ1) is 22.1.